The van der Waals surface area contributed by atoms with Gasteiger partial charge in [-0.05, 0) is 36.6 Å². The summed E-state index contributed by atoms with van der Waals surface area (Å²) in [5, 5.41) is 4.73. The van der Waals surface area contributed by atoms with Crippen LogP contribution in [-0.4, -0.2) is 5.91 Å². The molecule has 0 fully saturated rings. The number of anilines is 1. The zero-order valence-electron chi connectivity index (χ0n) is 10.6. The van der Waals surface area contributed by atoms with E-state index in [1.807, 2.05) is 18.4 Å². The lowest BCUT2D eigenvalue weighted by molar-refractivity contribution is -0.110. The number of hydrogen-bond donors (Lipinski definition) is 1. The number of rotatable bonds is 0. The molecule has 1 aromatic carbocycles. The first kappa shape index (κ1) is 11.7. The van der Waals surface area contributed by atoms with E-state index in [1.165, 1.54) is 12.1 Å². The first-order chi connectivity index (χ1) is 9.65. The summed E-state index contributed by atoms with van der Waals surface area (Å²) in [5.41, 5.74) is 2.54. The van der Waals surface area contributed by atoms with Crippen molar-refractivity contribution in [1.29, 1.82) is 0 Å². The number of hydrogen-bond acceptors (Lipinski definition) is 3. The van der Waals surface area contributed by atoms with Crippen LogP contribution < -0.4 is 5.32 Å². The second-order valence-electron chi connectivity index (χ2n) is 4.81. The van der Waals surface area contributed by atoms with Crippen molar-refractivity contribution in [3.05, 3.63) is 51.5 Å². The summed E-state index contributed by atoms with van der Waals surface area (Å²) in [6.07, 6.45) is -0.0714. The number of thiophene rings is 1. The monoisotopic (exact) mass is 287 g/mol. The van der Waals surface area contributed by atoms with E-state index in [0.29, 0.717) is 22.6 Å². The lowest BCUT2D eigenvalue weighted by Crippen LogP contribution is -2.05. The Balaban J connectivity index is 1.99. The zero-order valence-corrected chi connectivity index (χ0v) is 11.4. The molecule has 2 aliphatic rings. The Morgan fingerprint density at radius 1 is 1.30 bits per heavy atom. The fraction of sp³-hybridized carbons (Fsp3) is 0.133. The summed E-state index contributed by atoms with van der Waals surface area (Å²) in [4.78, 5) is 13.3. The Morgan fingerprint density at radius 2 is 2.15 bits per heavy atom. The molecule has 0 radical (unpaired) electrons. The Kier molecular flexibility index (Phi) is 2.29. The van der Waals surface area contributed by atoms with E-state index < -0.39 is 0 Å². The van der Waals surface area contributed by atoms with E-state index >= 15 is 0 Å². The van der Waals surface area contributed by atoms with Crippen LogP contribution in [0.25, 0.3) is 11.3 Å². The largest absolute Gasteiger partial charge is 0.484 e. The molecule has 1 aromatic heterocycles. The molecule has 2 aromatic rings. The smallest absolute Gasteiger partial charge is 0.260 e. The van der Waals surface area contributed by atoms with Gasteiger partial charge in [0.25, 0.3) is 5.91 Å². The van der Waals surface area contributed by atoms with E-state index in [9.17, 15) is 9.18 Å². The number of fused-ring (bicyclic) bond motifs is 2. The minimum atomic E-state index is -0.366. The van der Waals surface area contributed by atoms with Crippen LogP contribution in [0.2, 0.25) is 0 Å². The first-order valence-electron chi connectivity index (χ1n) is 6.25. The Labute approximate surface area is 118 Å². The summed E-state index contributed by atoms with van der Waals surface area (Å²) < 4.78 is 19.3. The van der Waals surface area contributed by atoms with Crippen molar-refractivity contribution in [2.45, 2.75) is 13.0 Å². The number of carbonyl (C=O) groups is 1. The van der Waals surface area contributed by atoms with Gasteiger partial charge in [-0.3, -0.25) is 4.79 Å². The molecule has 1 amide bonds. The van der Waals surface area contributed by atoms with Gasteiger partial charge in [-0.2, -0.15) is 0 Å². The third-order valence-corrected chi connectivity index (χ3v) is 4.63. The summed E-state index contributed by atoms with van der Waals surface area (Å²) in [6, 6.07) is 6.22. The number of amides is 1. The minimum absolute atomic E-state index is 0.0714. The van der Waals surface area contributed by atoms with Gasteiger partial charge in [-0.25, -0.2) is 4.39 Å². The van der Waals surface area contributed by atoms with Crippen molar-refractivity contribution in [2.24, 2.45) is 0 Å². The molecule has 0 aliphatic carbocycles. The molecule has 1 N–H and O–H groups in total. The van der Waals surface area contributed by atoms with Crippen molar-refractivity contribution < 1.29 is 13.9 Å². The third kappa shape index (κ3) is 1.47. The second kappa shape index (κ2) is 3.93. The molecule has 1 atom stereocenters. The van der Waals surface area contributed by atoms with Gasteiger partial charge < -0.3 is 10.1 Å². The van der Waals surface area contributed by atoms with E-state index in [0.717, 1.165) is 10.4 Å². The topological polar surface area (TPSA) is 38.3 Å². The molecule has 0 spiro atoms. The normalized spacial score (nSPS) is 23.3. The standard InChI is InChI=1S/C15H10FNO2S/c1-7-14-9(4-5-20-14)13(19-7)12-10-6-8(16)2-3-11(10)17-15(12)18/h2-7H,1H3,(H,17,18)/b13-12+. The average Bonchev–Trinajstić information content (AvgIpc) is 3.06. The van der Waals surface area contributed by atoms with Crippen LogP contribution in [0.5, 0.6) is 0 Å². The molecule has 5 heteroatoms. The molecule has 20 heavy (non-hydrogen) atoms. The molecule has 0 saturated carbocycles. The third-order valence-electron chi connectivity index (χ3n) is 3.56. The van der Waals surface area contributed by atoms with Crippen molar-refractivity contribution in [3.63, 3.8) is 0 Å². The van der Waals surface area contributed by atoms with Gasteiger partial charge in [-0.15, -0.1) is 11.3 Å². The summed E-state index contributed by atoms with van der Waals surface area (Å²) in [5.74, 6) is -0.0580. The highest BCUT2D eigenvalue weighted by Crippen LogP contribution is 2.47. The maximum atomic E-state index is 13.5. The van der Waals surface area contributed by atoms with Gasteiger partial charge in [0, 0.05) is 16.8 Å². The first-order valence-corrected chi connectivity index (χ1v) is 7.13. The maximum Gasteiger partial charge on any atom is 0.260 e. The van der Waals surface area contributed by atoms with E-state index in [4.69, 9.17) is 4.74 Å². The molecule has 0 saturated heterocycles. The van der Waals surface area contributed by atoms with Gasteiger partial charge >= 0.3 is 0 Å². The van der Waals surface area contributed by atoms with Crippen molar-refractivity contribution in [3.8, 4) is 0 Å². The summed E-state index contributed by atoms with van der Waals surface area (Å²) in [6.45, 7) is 1.95. The highest BCUT2D eigenvalue weighted by atomic mass is 32.1. The van der Waals surface area contributed by atoms with E-state index in [2.05, 4.69) is 5.32 Å². The Morgan fingerprint density at radius 3 is 3.00 bits per heavy atom. The van der Waals surface area contributed by atoms with Crippen LogP contribution in [0.1, 0.15) is 29.0 Å². The molecular weight excluding hydrogens is 277 g/mol. The van der Waals surface area contributed by atoms with Gasteiger partial charge in [-0.1, -0.05) is 0 Å². The maximum absolute atomic E-state index is 13.5. The lowest BCUT2D eigenvalue weighted by atomic mass is 10.0. The molecule has 1 unspecified atom stereocenters. The van der Waals surface area contributed by atoms with Gasteiger partial charge in [0.05, 0.1) is 10.5 Å². The average molecular weight is 287 g/mol. The quantitative estimate of drug-likeness (QED) is 0.748. The summed E-state index contributed by atoms with van der Waals surface area (Å²) in [7, 11) is 0. The van der Waals surface area contributed by atoms with Crippen LogP contribution >= 0.6 is 11.3 Å². The fourth-order valence-corrected chi connectivity index (χ4v) is 3.55. The van der Waals surface area contributed by atoms with Crippen LogP contribution in [0, 0.1) is 5.82 Å². The molecule has 2 aliphatic heterocycles. The SMILES string of the molecule is CC1O/C(=C2/C(=O)Nc3ccc(F)cc32)c2ccsc21. The van der Waals surface area contributed by atoms with Crippen molar-refractivity contribution in [2.75, 3.05) is 5.32 Å². The summed E-state index contributed by atoms with van der Waals surface area (Å²) >= 11 is 1.60. The van der Waals surface area contributed by atoms with Crippen molar-refractivity contribution in [1.82, 2.24) is 0 Å². The van der Waals surface area contributed by atoms with E-state index in [-0.39, 0.29) is 17.8 Å². The lowest BCUT2D eigenvalue weighted by Gasteiger charge is -2.07. The predicted octanol–water partition coefficient (Wildman–Crippen LogP) is 3.80. The highest BCUT2D eigenvalue weighted by molar-refractivity contribution is 7.10. The Bertz CT molecular complexity index is 778. The number of nitrogens with one attached hydrogen (secondary N) is 1. The van der Waals surface area contributed by atoms with Crippen LogP contribution in [0.15, 0.2) is 29.6 Å². The van der Waals surface area contributed by atoms with Gasteiger partial charge in [0.15, 0.2) is 0 Å². The molecule has 4 rings (SSSR count). The van der Waals surface area contributed by atoms with Crippen molar-refractivity contribution >= 4 is 34.3 Å². The number of ether oxygens (including phenoxy) is 1. The zero-order chi connectivity index (χ0) is 13.9. The number of halogens is 1. The Hall–Kier alpha value is -2.14. The van der Waals surface area contributed by atoms with Gasteiger partial charge in [0.2, 0.25) is 0 Å². The van der Waals surface area contributed by atoms with Crippen LogP contribution in [0.3, 0.4) is 0 Å². The molecule has 3 heterocycles. The molecule has 0 bridgehead atoms. The van der Waals surface area contributed by atoms with Crippen LogP contribution in [-0.2, 0) is 9.53 Å². The van der Waals surface area contributed by atoms with Gasteiger partial charge in [0.1, 0.15) is 17.7 Å². The minimum Gasteiger partial charge on any atom is -0.484 e. The number of benzene rings is 1. The molecular formula is C15H10FNO2S. The molecule has 100 valence electrons. The fourth-order valence-electron chi connectivity index (χ4n) is 2.68. The van der Waals surface area contributed by atoms with E-state index in [1.54, 1.807) is 17.4 Å². The molecule has 3 nitrogen and oxygen atoms in total. The highest BCUT2D eigenvalue weighted by Gasteiger charge is 2.35. The van der Waals surface area contributed by atoms with Crippen LogP contribution in [0.4, 0.5) is 10.1 Å². The predicted molar refractivity (Wildman–Crippen MR) is 75.7 cm³/mol. The second-order valence-corrected chi connectivity index (χ2v) is 5.75. The number of carbonyl (C=O) groups excluding carboxylic acids is 1.